The molecule has 0 spiro atoms. The summed E-state index contributed by atoms with van der Waals surface area (Å²) in [6.07, 6.45) is 0.753. The van der Waals surface area contributed by atoms with Crippen molar-refractivity contribution in [2.24, 2.45) is 0 Å². The fourth-order valence-electron chi connectivity index (χ4n) is 1.99. The highest BCUT2D eigenvalue weighted by Crippen LogP contribution is 2.12. The Morgan fingerprint density at radius 1 is 1.35 bits per heavy atom. The van der Waals surface area contributed by atoms with Gasteiger partial charge in [0, 0.05) is 12.0 Å². The molecule has 1 amide bonds. The molecule has 1 heterocycles. The molecular formula is C16H19N3O. The monoisotopic (exact) mass is 269 g/mol. The van der Waals surface area contributed by atoms with Crippen molar-refractivity contribution in [1.82, 2.24) is 15.3 Å². The second kappa shape index (κ2) is 6.19. The van der Waals surface area contributed by atoms with Gasteiger partial charge in [-0.15, -0.1) is 0 Å². The third-order valence-corrected chi connectivity index (χ3v) is 3.01. The van der Waals surface area contributed by atoms with Gasteiger partial charge in [0.05, 0.1) is 17.9 Å². The van der Waals surface area contributed by atoms with Gasteiger partial charge in [0.1, 0.15) is 5.82 Å². The van der Waals surface area contributed by atoms with Crippen LogP contribution in [0.3, 0.4) is 0 Å². The van der Waals surface area contributed by atoms with Crippen LogP contribution in [0.4, 0.5) is 0 Å². The molecule has 0 saturated carbocycles. The van der Waals surface area contributed by atoms with Crippen molar-refractivity contribution in [1.29, 1.82) is 0 Å². The number of benzene rings is 1. The number of nitrogens with zero attached hydrogens (tertiary/aromatic N) is 1. The SMILES string of the molecule is C=C(C)C(=O)NCc1[nH]c(C)nc1Cc1ccccc1. The number of carbonyl (C=O) groups is 1. The van der Waals surface area contributed by atoms with Crippen molar-refractivity contribution in [3.63, 3.8) is 0 Å². The smallest absolute Gasteiger partial charge is 0.246 e. The van der Waals surface area contributed by atoms with Gasteiger partial charge in [0.2, 0.25) is 5.91 Å². The first-order valence-electron chi connectivity index (χ1n) is 6.58. The number of amides is 1. The van der Waals surface area contributed by atoms with Crippen molar-refractivity contribution in [2.75, 3.05) is 0 Å². The molecule has 0 aliphatic rings. The maximum Gasteiger partial charge on any atom is 0.246 e. The van der Waals surface area contributed by atoms with E-state index in [2.05, 4.69) is 34.0 Å². The minimum absolute atomic E-state index is 0.136. The lowest BCUT2D eigenvalue weighted by Crippen LogP contribution is -2.23. The molecular weight excluding hydrogens is 250 g/mol. The largest absolute Gasteiger partial charge is 0.347 e. The Balaban J connectivity index is 2.10. The van der Waals surface area contributed by atoms with Crippen LogP contribution < -0.4 is 5.32 Å². The second-order valence-corrected chi connectivity index (χ2v) is 4.87. The molecule has 0 aliphatic carbocycles. The summed E-state index contributed by atoms with van der Waals surface area (Å²) in [4.78, 5) is 19.3. The quantitative estimate of drug-likeness (QED) is 0.819. The number of aromatic nitrogens is 2. The van der Waals surface area contributed by atoms with Crippen LogP contribution in [0.5, 0.6) is 0 Å². The Hall–Kier alpha value is -2.36. The summed E-state index contributed by atoms with van der Waals surface area (Å²) in [7, 11) is 0. The van der Waals surface area contributed by atoms with Gasteiger partial charge in [0.25, 0.3) is 0 Å². The Morgan fingerprint density at radius 2 is 2.05 bits per heavy atom. The highest BCUT2D eigenvalue weighted by atomic mass is 16.1. The molecule has 0 unspecified atom stereocenters. The van der Waals surface area contributed by atoms with Crippen molar-refractivity contribution in [3.8, 4) is 0 Å². The van der Waals surface area contributed by atoms with E-state index in [0.717, 1.165) is 23.6 Å². The molecule has 0 radical (unpaired) electrons. The van der Waals surface area contributed by atoms with Gasteiger partial charge in [-0.2, -0.15) is 0 Å². The summed E-state index contributed by atoms with van der Waals surface area (Å²) < 4.78 is 0. The van der Waals surface area contributed by atoms with E-state index in [1.165, 1.54) is 5.56 Å². The van der Waals surface area contributed by atoms with Gasteiger partial charge >= 0.3 is 0 Å². The number of hydrogen-bond donors (Lipinski definition) is 2. The summed E-state index contributed by atoms with van der Waals surface area (Å²) in [6, 6.07) is 10.2. The van der Waals surface area contributed by atoms with Gasteiger partial charge in [-0.3, -0.25) is 4.79 Å². The van der Waals surface area contributed by atoms with E-state index >= 15 is 0 Å². The number of aromatic amines is 1. The highest BCUT2D eigenvalue weighted by molar-refractivity contribution is 5.91. The first-order valence-corrected chi connectivity index (χ1v) is 6.58. The zero-order valence-electron chi connectivity index (χ0n) is 11.9. The van der Waals surface area contributed by atoms with E-state index in [9.17, 15) is 4.79 Å². The molecule has 20 heavy (non-hydrogen) atoms. The maximum atomic E-state index is 11.5. The van der Waals surface area contributed by atoms with Crippen molar-refractivity contribution in [3.05, 3.63) is 65.3 Å². The van der Waals surface area contributed by atoms with Gasteiger partial charge in [-0.25, -0.2) is 4.98 Å². The molecule has 4 nitrogen and oxygen atoms in total. The van der Waals surface area contributed by atoms with Crippen LogP contribution in [0.2, 0.25) is 0 Å². The molecule has 2 rings (SSSR count). The Kier molecular flexibility index (Phi) is 4.35. The van der Waals surface area contributed by atoms with E-state index in [1.807, 2.05) is 25.1 Å². The van der Waals surface area contributed by atoms with Gasteiger partial charge in [-0.05, 0) is 19.4 Å². The molecule has 4 heteroatoms. The van der Waals surface area contributed by atoms with E-state index in [1.54, 1.807) is 6.92 Å². The van der Waals surface area contributed by atoms with Crippen LogP contribution in [-0.4, -0.2) is 15.9 Å². The molecule has 0 fully saturated rings. The van der Waals surface area contributed by atoms with Crippen LogP contribution in [-0.2, 0) is 17.8 Å². The third kappa shape index (κ3) is 3.57. The highest BCUT2D eigenvalue weighted by Gasteiger charge is 2.10. The van der Waals surface area contributed by atoms with E-state index in [4.69, 9.17) is 0 Å². The third-order valence-electron chi connectivity index (χ3n) is 3.01. The summed E-state index contributed by atoms with van der Waals surface area (Å²) >= 11 is 0. The van der Waals surface area contributed by atoms with Crippen LogP contribution in [0, 0.1) is 6.92 Å². The number of H-pyrrole nitrogens is 1. The number of rotatable bonds is 5. The van der Waals surface area contributed by atoms with E-state index in [-0.39, 0.29) is 5.91 Å². The number of aryl methyl sites for hydroxylation is 1. The lowest BCUT2D eigenvalue weighted by Gasteiger charge is -2.05. The molecule has 0 saturated heterocycles. The average Bonchev–Trinajstić information content (AvgIpc) is 2.77. The number of hydrogen-bond acceptors (Lipinski definition) is 2. The predicted molar refractivity (Wildman–Crippen MR) is 79.2 cm³/mol. The minimum Gasteiger partial charge on any atom is -0.347 e. The summed E-state index contributed by atoms with van der Waals surface area (Å²) in [5.41, 5.74) is 3.62. The fourth-order valence-corrected chi connectivity index (χ4v) is 1.99. The maximum absolute atomic E-state index is 11.5. The van der Waals surface area contributed by atoms with E-state index in [0.29, 0.717) is 12.1 Å². The Labute approximate surface area is 118 Å². The topological polar surface area (TPSA) is 57.8 Å². The fraction of sp³-hybridized carbons (Fsp3) is 0.250. The molecule has 0 bridgehead atoms. The summed E-state index contributed by atoms with van der Waals surface area (Å²) in [5.74, 6) is 0.721. The number of nitrogens with one attached hydrogen (secondary N) is 2. The molecule has 2 N–H and O–H groups in total. The Morgan fingerprint density at radius 3 is 2.70 bits per heavy atom. The van der Waals surface area contributed by atoms with E-state index < -0.39 is 0 Å². The van der Waals surface area contributed by atoms with Crippen molar-refractivity contribution in [2.45, 2.75) is 26.8 Å². The minimum atomic E-state index is -0.136. The molecule has 1 aromatic heterocycles. The summed E-state index contributed by atoms with van der Waals surface area (Å²) in [6.45, 7) is 7.67. The first-order chi connectivity index (χ1) is 9.56. The normalized spacial score (nSPS) is 10.3. The van der Waals surface area contributed by atoms with Gasteiger partial charge < -0.3 is 10.3 Å². The molecule has 1 aromatic carbocycles. The lowest BCUT2D eigenvalue weighted by molar-refractivity contribution is -0.117. The lowest BCUT2D eigenvalue weighted by atomic mass is 10.1. The van der Waals surface area contributed by atoms with Gasteiger partial charge in [0.15, 0.2) is 0 Å². The zero-order chi connectivity index (χ0) is 14.5. The number of carbonyl (C=O) groups excluding carboxylic acids is 1. The molecule has 0 aliphatic heterocycles. The van der Waals surface area contributed by atoms with Crippen molar-refractivity contribution < 1.29 is 4.79 Å². The standard InChI is InChI=1S/C16H19N3O/c1-11(2)16(20)17-10-15-14(18-12(3)19-15)9-13-7-5-4-6-8-13/h4-8H,1,9-10H2,2-3H3,(H,17,20)(H,18,19). The number of imidazole rings is 1. The molecule has 0 atom stereocenters. The van der Waals surface area contributed by atoms with Crippen LogP contribution in [0.1, 0.15) is 29.7 Å². The zero-order valence-corrected chi connectivity index (χ0v) is 11.9. The van der Waals surface area contributed by atoms with Crippen LogP contribution in [0.15, 0.2) is 42.5 Å². The van der Waals surface area contributed by atoms with Crippen molar-refractivity contribution >= 4 is 5.91 Å². The average molecular weight is 269 g/mol. The molecule has 104 valence electrons. The Bertz CT molecular complexity index is 614. The first kappa shape index (κ1) is 14.1. The predicted octanol–water partition coefficient (Wildman–Crippen LogP) is 2.50. The van der Waals surface area contributed by atoms with Crippen LogP contribution >= 0.6 is 0 Å². The van der Waals surface area contributed by atoms with Crippen LogP contribution in [0.25, 0.3) is 0 Å². The second-order valence-electron chi connectivity index (χ2n) is 4.87. The van der Waals surface area contributed by atoms with Gasteiger partial charge in [-0.1, -0.05) is 36.9 Å². The molecule has 2 aromatic rings. The summed E-state index contributed by atoms with van der Waals surface area (Å²) in [5, 5.41) is 2.83.